The Morgan fingerprint density at radius 3 is 2.50 bits per heavy atom. The summed E-state index contributed by atoms with van der Waals surface area (Å²) < 4.78 is 0. The van der Waals surface area contributed by atoms with Crippen molar-refractivity contribution in [3.63, 3.8) is 0 Å². The second-order valence-electron chi connectivity index (χ2n) is 4.57. The maximum atomic E-state index is 4.06. The molecule has 1 aromatic rings. The highest BCUT2D eigenvalue weighted by molar-refractivity contribution is 4.96. The van der Waals surface area contributed by atoms with Gasteiger partial charge in [0.15, 0.2) is 0 Å². The highest BCUT2D eigenvalue weighted by Crippen LogP contribution is 2.26. The van der Waals surface area contributed by atoms with Gasteiger partial charge in [0.05, 0.1) is 6.33 Å². The Balaban J connectivity index is 2.60. The Kier molecular flexibility index (Phi) is 4.18. The van der Waals surface area contributed by atoms with Crippen molar-refractivity contribution in [3.8, 4) is 0 Å². The third kappa shape index (κ3) is 2.86. The summed E-state index contributed by atoms with van der Waals surface area (Å²) in [7, 11) is 0. The predicted molar refractivity (Wildman–Crippen MR) is 60.1 cm³/mol. The molecule has 1 heterocycles. The normalized spacial score (nSPS) is 15.8. The molecule has 80 valence electrons. The Bertz CT molecular complexity index is 239. The Labute approximate surface area is 87.1 Å². The van der Waals surface area contributed by atoms with Crippen molar-refractivity contribution >= 4 is 0 Å². The van der Waals surface area contributed by atoms with Gasteiger partial charge < -0.3 is 4.98 Å². The zero-order valence-electron chi connectivity index (χ0n) is 9.75. The first-order valence-electron chi connectivity index (χ1n) is 5.62. The van der Waals surface area contributed by atoms with E-state index in [1.165, 1.54) is 12.1 Å². The molecule has 0 aliphatic heterocycles. The second kappa shape index (κ2) is 5.18. The van der Waals surface area contributed by atoms with Crippen LogP contribution < -0.4 is 0 Å². The average Bonchev–Trinajstić information content (AvgIpc) is 2.65. The van der Waals surface area contributed by atoms with Crippen LogP contribution in [0.25, 0.3) is 0 Å². The highest BCUT2D eigenvalue weighted by atomic mass is 14.9. The molecular weight excluding hydrogens is 172 g/mol. The zero-order chi connectivity index (χ0) is 10.6. The Morgan fingerprint density at radius 2 is 2.07 bits per heavy atom. The van der Waals surface area contributed by atoms with Crippen LogP contribution in [0.15, 0.2) is 12.5 Å². The van der Waals surface area contributed by atoms with E-state index in [4.69, 9.17) is 0 Å². The fourth-order valence-corrected chi connectivity index (χ4v) is 2.05. The van der Waals surface area contributed by atoms with Gasteiger partial charge in [-0.3, -0.25) is 0 Å². The molecule has 0 aliphatic carbocycles. The molecule has 0 amide bonds. The van der Waals surface area contributed by atoms with Crippen molar-refractivity contribution < 1.29 is 0 Å². The minimum absolute atomic E-state index is 0.744. The van der Waals surface area contributed by atoms with Gasteiger partial charge in [0.1, 0.15) is 0 Å². The smallest absolute Gasteiger partial charge is 0.0921 e. The van der Waals surface area contributed by atoms with E-state index >= 15 is 0 Å². The highest BCUT2D eigenvalue weighted by Gasteiger charge is 2.20. The van der Waals surface area contributed by atoms with Crippen molar-refractivity contribution in [2.75, 3.05) is 0 Å². The van der Waals surface area contributed by atoms with E-state index in [0.29, 0.717) is 0 Å². The number of aromatic nitrogens is 2. The first-order valence-corrected chi connectivity index (χ1v) is 5.62. The van der Waals surface area contributed by atoms with Gasteiger partial charge in [0.25, 0.3) is 0 Å². The molecule has 1 N–H and O–H groups in total. The molecule has 1 aromatic heterocycles. The van der Waals surface area contributed by atoms with Crippen molar-refractivity contribution in [1.29, 1.82) is 0 Å². The van der Waals surface area contributed by atoms with Crippen LogP contribution >= 0.6 is 0 Å². The van der Waals surface area contributed by atoms with Gasteiger partial charge in [0.2, 0.25) is 0 Å². The van der Waals surface area contributed by atoms with Crippen LogP contribution in [0.1, 0.15) is 39.8 Å². The number of rotatable bonds is 5. The topological polar surface area (TPSA) is 28.7 Å². The van der Waals surface area contributed by atoms with E-state index in [2.05, 4.69) is 37.7 Å². The van der Waals surface area contributed by atoms with E-state index in [1.807, 2.05) is 6.20 Å². The summed E-state index contributed by atoms with van der Waals surface area (Å²) in [4.78, 5) is 7.25. The molecule has 0 saturated carbocycles. The molecule has 1 rings (SSSR count). The third-order valence-electron chi connectivity index (χ3n) is 3.24. The van der Waals surface area contributed by atoms with Crippen LogP contribution in [0.5, 0.6) is 0 Å². The fourth-order valence-electron chi connectivity index (χ4n) is 2.05. The molecule has 2 unspecified atom stereocenters. The Hall–Kier alpha value is -0.790. The van der Waals surface area contributed by atoms with E-state index in [0.717, 1.165) is 24.2 Å². The maximum absolute atomic E-state index is 4.06. The number of nitrogens with zero attached hydrogens (tertiary/aromatic N) is 1. The van der Waals surface area contributed by atoms with Gasteiger partial charge in [-0.1, -0.05) is 34.1 Å². The van der Waals surface area contributed by atoms with Crippen LogP contribution in [0.3, 0.4) is 0 Å². The first kappa shape index (κ1) is 11.3. The number of imidazole rings is 1. The van der Waals surface area contributed by atoms with E-state index < -0.39 is 0 Å². The standard InChI is InChI=1S/C12H22N2/c1-5-10(4)12(9(2)3)6-11-7-13-8-14-11/h7-10,12H,5-6H2,1-4H3,(H,13,14). The molecule has 14 heavy (non-hydrogen) atoms. The quantitative estimate of drug-likeness (QED) is 0.765. The van der Waals surface area contributed by atoms with Gasteiger partial charge in [-0.25, -0.2) is 4.98 Å². The summed E-state index contributed by atoms with van der Waals surface area (Å²) in [6, 6.07) is 0. The summed E-state index contributed by atoms with van der Waals surface area (Å²) in [6.07, 6.45) is 6.10. The van der Waals surface area contributed by atoms with Crippen molar-refractivity contribution in [3.05, 3.63) is 18.2 Å². The maximum Gasteiger partial charge on any atom is 0.0921 e. The van der Waals surface area contributed by atoms with Gasteiger partial charge in [-0.15, -0.1) is 0 Å². The molecule has 2 heteroatoms. The molecule has 0 spiro atoms. The molecule has 0 fully saturated rings. The van der Waals surface area contributed by atoms with E-state index in [-0.39, 0.29) is 0 Å². The monoisotopic (exact) mass is 194 g/mol. The number of H-pyrrole nitrogens is 1. The minimum atomic E-state index is 0.744. The van der Waals surface area contributed by atoms with Gasteiger partial charge in [-0.2, -0.15) is 0 Å². The summed E-state index contributed by atoms with van der Waals surface area (Å²) in [5.41, 5.74) is 1.27. The van der Waals surface area contributed by atoms with Crippen LogP contribution in [0.2, 0.25) is 0 Å². The SMILES string of the molecule is CCC(C)C(Cc1cnc[nH]1)C(C)C. The molecule has 0 saturated heterocycles. The lowest BCUT2D eigenvalue weighted by Crippen LogP contribution is -2.20. The predicted octanol–water partition coefficient (Wildman–Crippen LogP) is 3.27. The number of hydrogen-bond donors (Lipinski definition) is 1. The molecule has 2 atom stereocenters. The summed E-state index contributed by atoms with van der Waals surface area (Å²) in [5, 5.41) is 0. The van der Waals surface area contributed by atoms with Gasteiger partial charge >= 0.3 is 0 Å². The van der Waals surface area contributed by atoms with E-state index in [9.17, 15) is 0 Å². The van der Waals surface area contributed by atoms with Crippen molar-refractivity contribution in [2.24, 2.45) is 17.8 Å². The van der Waals surface area contributed by atoms with Crippen LogP contribution in [0, 0.1) is 17.8 Å². The lowest BCUT2D eigenvalue weighted by molar-refractivity contribution is 0.260. The van der Waals surface area contributed by atoms with Gasteiger partial charge in [-0.05, 0) is 24.2 Å². The van der Waals surface area contributed by atoms with Gasteiger partial charge in [0, 0.05) is 11.9 Å². The largest absolute Gasteiger partial charge is 0.348 e. The van der Waals surface area contributed by atoms with Crippen LogP contribution in [-0.2, 0) is 6.42 Å². The summed E-state index contributed by atoms with van der Waals surface area (Å²) in [6.45, 7) is 9.24. The summed E-state index contributed by atoms with van der Waals surface area (Å²) in [5.74, 6) is 2.30. The second-order valence-corrected chi connectivity index (χ2v) is 4.57. The fraction of sp³-hybridized carbons (Fsp3) is 0.750. The lowest BCUT2D eigenvalue weighted by atomic mass is 9.80. The number of hydrogen-bond acceptors (Lipinski definition) is 1. The number of nitrogens with one attached hydrogen (secondary N) is 1. The lowest BCUT2D eigenvalue weighted by Gasteiger charge is -2.26. The van der Waals surface area contributed by atoms with Crippen LogP contribution in [-0.4, -0.2) is 9.97 Å². The zero-order valence-corrected chi connectivity index (χ0v) is 9.75. The van der Waals surface area contributed by atoms with Crippen molar-refractivity contribution in [2.45, 2.75) is 40.5 Å². The molecule has 0 aromatic carbocycles. The average molecular weight is 194 g/mol. The molecule has 2 nitrogen and oxygen atoms in total. The molecule has 0 radical (unpaired) electrons. The molecule has 0 aliphatic rings. The minimum Gasteiger partial charge on any atom is -0.348 e. The Morgan fingerprint density at radius 1 is 1.36 bits per heavy atom. The molecule has 0 bridgehead atoms. The third-order valence-corrected chi connectivity index (χ3v) is 3.24. The van der Waals surface area contributed by atoms with E-state index in [1.54, 1.807) is 6.33 Å². The van der Waals surface area contributed by atoms with Crippen LogP contribution in [0.4, 0.5) is 0 Å². The number of aromatic amines is 1. The first-order chi connectivity index (χ1) is 6.65. The van der Waals surface area contributed by atoms with Crippen molar-refractivity contribution in [1.82, 2.24) is 9.97 Å². The summed E-state index contributed by atoms with van der Waals surface area (Å²) >= 11 is 0. The molecular formula is C12H22N2.